The van der Waals surface area contributed by atoms with Gasteiger partial charge in [0.05, 0.1) is 19.8 Å². The molecule has 1 saturated heterocycles. The number of nitrogens with one attached hydrogen (secondary N) is 1. The maximum absolute atomic E-state index is 12.2. The molecule has 128 valence electrons. The number of hydrogen-bond donors (Lipinski definition) is 2. The molecule has 1 aromatic carbocycles. The Morgan fingerprint density at radius 3 is 2.52 bits per heavy atom. The number of anilines is 1. The quantitative estimate of drug-likeness (QED) is 0.801. The predicted octanol–water partition coefficient (Wildman–Crippen LogP) is 1.85. The van der Waals surface area contributed by atoms with Crippen LogP contribution in [-0.4, -0.2) is 49.7 Å². The fourth-order valence-electron chi connectivity index (χ4n) is 2.64. The maximum Gasteiger partial charge on any atom is 0.238 e. The summed E-state index contributed by atoms with van der Waals surface area (Å²) >= 11 is 0. The van der Waals surface area contributed by atoms with E-state index in [1.54, 1.807) is 6.07 Å². The topological polar surface area (TPSA) is 76.8 Å². The average Bonchev–Trinajstić information content (AvgIpc) is 2.52. The molecule has 0 radical (unpaired) electrons. The van der Waals surface area contributed by atoms with Crippen molar-refractivity contribution in [1.82, 2.24) is 4.90 Å². The molecule has 0 aromatic heterocycles. The molecular formula is C17H27N3O3. The lowest BCUT2D eigenvalue weighted by Crippen LogP contribution is -2.43. The fourth-order valence-corrected chi connectivity index (χ4v) is 2.64. The van der Waals surface area contributed by atoms with E-state index in [1.807, 2.05) is 26.0 Å². The number of piperidine rings is 1. The maximum atomic E-state index is 12.2. The number of benzene rings is 1. The van der Waals surface area contributed by atoms with Gasteiger partial charge in [0.25, 0.3) is 0 Å². The highest BCUT2D eigenvalue weighted by Crippen LogP contribution is 2.30. The standard InChI is InChI=1S/C17H27N3O3/c1-3-22-15-6-5-14(11-16(15)23-4-2)19-17(21)12-20-9-7-13(18)8-10-20/h5-6,11,13H,3-4,7-10,12,18H2,1-2H3,(H,19,21). The first-order chi connectivity index (χ1) is 11.1. The van der Waals surface area contributed by atoms with E-state index < -0.39 is 0 Å². The van der Waals surface area contributed by atoms with E-state index in [4.69, 9.17) is 15.2 Å². The Morgan fingerprint density at radius 2 is 1.87 bits per heavy atom. The summed E-state index contributed by atoms with van der Waals surface area (Å²) in [5.41, 5.74) is 6.60. The van der Waals surface area contributed by atoms with Gasteiger partial charge in [-0.25, -0.2) is 0 Å². The molecule has 6 nitrogen and oxygen atoms in total. The van der Waals surface area contributed by atoms with Crippen LogP contribution in [0.3, 0.4) is 0 Å². The molecule has 1 aliphatic heterocycles. The van der Waals surface area contributed by atoms with Crippen molar-refractivity contribution in [2.24, 2.45) is 5.73 Å². The Labute approximate surface area is 137 Å². The molecule has 1 amide bonds. The zero-order valence-electron chi connectivity index (χ0n) is 14.0. The fraction of sp³-hybridized carbons (Fsp3) is 0.588. The van der Waals surface area contributed by atoms with Gasteiger partial charge in [0.1, 0.15) is 0 Å². The van der Waals surface area contributed by atoms with Gasteiger partial charge in [-0.1, -0.05) is 0 Å². The Bertz CT molecular complexity index is 514. The van der Waals surface area contributed by atoms with Gasteiger partial charge >= 0.3 is 0 Å². The van der Waals surface area contributed by atoms with E-state index in [1.165, 1.54) is 0 Å². The molecule has 3 N–H and O–H groups in total. The van der Waals surface area contributed by atoms with Crippen molar-refractivity contribution in [3.05, 3.63) is 18.2 Å². The minimum absolute atomic E-state index is 0.0212. The highest BCUT2D eigenvalue weighted by molar-refractivity contribution is 5.92. The zero-order valence-corrected chi connectivity index (χ0v) is 14.0. The summed E-state index contributed by atoms with van der Waals surface area (Å²) in [6, 6.07) is 5.73. The number of hydrogen-bond acceptors (Lipinski definition) is 5. The lowest BCUT2D eigenvalue weighted by atomic mass is 10.1. The Hall–Kier alpha value is -1.79. The lowest BCUT2D eigenvalue weighted by Gasteiger charge is -2.29. The summed E-state index contributed by atoms with van der Waals surface area (Å²) in [5, 5.41) is 2.92. The highest BCUT2D eigenvalue weighted by atomic mass is 16.5. The number of ether oxygens (including phenoxy) is 2. The van der Waals surface area contributed by atoms with Gasteiger partial charge in [0, 0.05) is 30.9 Å². The smallest absolute Gasteiger partial charge is 0.238 e. The van der Waals surface area contributed by atoms with Crippen molar-refractivity contribution < 1.29 is 14.3 Å². The minimum Gasteiger partial charge on any atom is -0.490 e. The molecule has 23 heavy (non-hydrogen) atoms. The van der Waals surface area contributed by atoms with Gasteiger partial charge < -0.3 is 20.5 Å². The first-order valence-corrected chi connectivity index (χ1v) is 8.29. The molecule has 1 aromatic rings. The molecule has 0 atom stereocenters. The molecule has 0 spiro atoms. The average molecular weight is 321 g/mol. The number of nitrogens with zero attached hydrogens (tertiary/aromatic N) is 1. The van der Waals surface area contributed by atoms with Gasteiger partial charge in [0.2, 0.25) is 5.91 Å². The lowest BCUT2D eigenvalue weighted by molar-refractivity contribution is -0.117. The molecule has 1 fully saturated rings. The van der Waals surface area contributed by atoms with Gasteiger partial charge in [0.15, 0.2) is 11.5 Å². The first-order valence-electron chi connectivity index (χ1n) is 8.29. The third-order valence-corrected chi connectivity index (χ3v) is 3.83. The van der Waals surface area contributed by atoms with E-state index in [0.29, 0.717) is 31.3 Å². The van der Waals surface area contributed by atoms with Crippen LogP contribution < -0.4 is 20.5 Å². The Balaban J connectivity index is 1.93. The van der Waals surface area contributed by atoms with Crippen molar-refractivity contribution in [3.63, 3.8) is 0 Å². The first kappa shape index (κ1) is 17.6. The number of carbonyl (C=O) groups is 1. The van der Waals surface area contributed by atoms with Crippen LogP contribution >= 0.6 is 0 Å². The van der Waals surface area contributed by atoms with E-state index in [9.17, 15) is 4.79 Å². The van der Waals surface area contributed by atoms with Gasteiger partial charge in [-0.2, -0.15) is 0 Å². The molecule has 0 saturated carbocycles. The minimum atomic E-state index is -0.0212. The second-order valence-electron chi connectivity index (χ2n) is 5.69. The number of rotatable bonds is 7. The van der Waals surface area contributed by atoms with Gasteiger partial charge in [-0.3, -0.25) is 9.69 Å². The second-order valence-corrected chi connectivity index (χ2v) is 5.69. The van der Waals surface area contributed by atoms with E-state index in [2.05, 4.69) is 10.2 Å². The number of carbonyl (C=O) groups excluding carboxylic acids is 1. The monoisotopic (exact) mass is 321 g/mol. The van der Waals surface area contributed by atoms with E-state index >= 15 is 0 Å². The van der Waals surface area contributed by atoms with Crippen LogP contribution in [-0.2, 0) is 4.79 Å². The molecule has 6 heteroatoms. The van der Waals surface area contributed by atoms with E-state index in [-0.39, 0.29) is 11.9 Å². The molecule has 0 unspecified atom stereocenters. The predicted molar refractivity (Wildman–Crippen MR) is 91.1 cm³/mol. The second kappa shape index (κ2) is 8.74. The van der Waals surface area contributed by atoms with E-state index in [0.717, 1.165) is 31.6 Å². The summed E-state index contributed by atoms with van der Waals surface area (Å²) < 4.78 is 11.1. The van der Waals surface area contributed by atoms with Crippen LogP contribution in [0.4, 0.5) is 5.69 Å². The molecular weight excluding hydrogens is 294 g/mol. The summed E-state index contributed by atoms with van der Waals surface area (Å²) in [6.07, 6.45) is 1.90. The van der Waals surface area contributed by atoms with Crippen LogP contribution in [0.1, 0.15) is 26.7 Å². The number of amides is 1. The third-order valence-electron chi connectivity index (χ3n) is 3.83. The Morgan fingerprint density at radius 1 is 1.22 bits per heavy atom. The van der Waals surface area contributed by atoms with Crippen molar-refractivity contribution in [2.45, 2.75) is 32.7 Å². The van der Waals surface area contributed by atoms with Crippen molar-refractivity contribution >= 4 is 11.6 Å². The summed E-state index contributed by atoms with van der Waals surface area (Å²) in [5.74, 6) is 1.32. The molecule has 1 heterocycles. The molecule has 1 aliphatic rings. The van der Waals surface area contributed by atoms with Crippen molar-refractivity contribution in [1.29, 1.82) is 0 Å². The van der Waals surface area contributed by atoms with Crippen LogP contribution in [0.25, 0.3) is 0 Å². The van der Waals surface area contributed by atoms with Crippen LogP contribution in [0.2, 0.25) is 0 Å². The van der Waals surface area contributed by atoms with Crippen LogP contribution in [0, 0.1) is 0 Å². The number of nitrogens with two attached hydrogens (primary N) is 1. The van der Waals surface area contributed by atoms with Crippen molar-refractivity contribution in [2.75, 3.05) is 38.2 Å². The summed E-state index contributed by atoms with van der Waals surface area (Å²) in [4.78, 5) is 14.3. The van der Waals surface area contributed by atoms with Crippen LogP contribution in [0.5, 0.6) is 11.5 Å². The normalized spacial score (nSPS) is 16.1. The Kier molecular flexibility index (Phi) is 6.67. The molecule has 0 aliphatic carbocycles. The largest absolute Gasteiger partial charge is 0.490 e. The van der Waals surface area contributed by atoms with Gasteiger partial charge in [-0.15, -0.1) is 0 Å². The van der Waals surface area contributed by atoms with Crippen molar-refractivity contribution in [3.8, 4) is 11.5 Å². The zero-order chi connectivity index (χ0) is 16.7. The number of likely N-dealkylation sites (tertiary alicyclic amines) is 1. The van der Waals surface area contributed by atoms with Crippen LogP contribution in [0.15, 0.2) is 18.2 Å². The third kappa shape index (κ3) is 5.41. The SMILES string of the molecule is CCOc1ccc(NC(=O)CN2CCC(N)CC2)cc1OCC. The molecule has 0 bridgehead atoms. The highest BCUT2D eigenvalue weighted by Gasteiger charge is 2.18. The molecule has 2 rings (SSSR count). The summed E-state index contributed by atoms with van der Waals surface area (Å²) in [7, 11) is 0. The summed E-state index contributed by atoms with van der Waals surface area (Å²) in [6.45, 7) is 7.11. The van der Waals surface area contributed by atoms with Gasteiger partial charge in [-0.05, 0) is 38.8 Å².